The van der Waals surface area contributed by atoms with Crippen LogP contribution in [0.4, 0.5) is 0 Å². The highest BCUT2D eigenvalue weighted by atomic mass is 16.1. The van der Waals surface area contributed by atoms with Crippen molar-refractivity contribution in [3.63, 3.8) is 0 Å². The molecule has 3 heteroatoms. The average molecular weight is 240 g/mol. The number of aryl methyl sites for hydroxylation is 2. The van der Waals surface area contributed by atoms with Crippen LogP contribution in [0.15, 0.2) is 42.6 Å². The lowest BCUT2D eigenvalue weighted by atomic mass is 10.1. The Morgan fingerprint density at radius 3 is 2.83 bits per heavy atom. The van der Waals surface area contributed by atoms with E-state index < -0.39 is 0 Å². The number of hydrogen-bond acceptors (Lipinski definition) is 2. The number of allylic oxidation sites excluding steroid dienone is 1. The lowest BCUT2D eigenvalue weighted by Gasteiger charge is -2.01. The standard InChI is InChI=1S/C15H16N2O/c1-3-17-14(10-11-16-17)15(18)9-8-13-7-5-4-6-12(13)2/h4-11H,3H2,1-2H3/b9-8+. The van der Waals surface area contributed by atoms with Crippen molar-refractivity contribution in [1.29, 1.82) is 0 Å². The van der Waals surface area contributed by atoms with E-state index in [0.717, 1.165) is 11.1 Å². The summed E-state index contributed by atoms with van der Waals surface area (Å²) in [6.07, 6.45) is 5.11. The van der Waals surface area contributed by atoms with Crippen LogP contribution in [0.1, 0.15) is 28.5 Å². The number of carbonyl (C=O) groups excluding carboxylic acids is 1. The van der Waals surface area contributed by atoms with Gasteiger partial charge in [-0.3, -0.25) is 9.48 Å². The van der Waals surface area contributed by atoms with E-state index in [1.54, 1.807) is 23.0 Å². The molecule has 0 saturated carbocycles. The van der Waals surface area contributed by atoms with Gasteiger partial charge in [-0.2, -0.15) is 5.10 Å². The van der Waals surface area contributed by atoms with Crippen LogP contribution in [0.25, 0.3) is 6.08 Å². The molecule has 0 aliphatic heterocycles. The molecule has 0 aliphatic carbocycles. The summed E-state index contributed by atoms with van der Waals surface area (Å²) < 4.78 is 1.70. The zero-order valence-electron chi connectivity index (χ0n) is 10.6. The number of aromatic nitrogens is 2. The highest BCUT2D eigenvalue weighted by molar-refractivity contribution is 6.05. The molecule has 0 fully saturated rings. The number of rotatable bonds is 4. The average Bonchev–Trinajstić information content (AvgIpc) is 2.86. The van der Waals surface area contributed by atoms with Gasteiger partial charge < -0.3 is 0 Å². The molecule has 1 aromatic carbocycles. The minimum absolute atomic E-state index is 0.0161. The highest BCUT2D eigenvalue weighted by Crippen LogP contribution is 2.10. The van der Waals surface area contributed by atoms with Crippen molar-refractivity contribution in [3.8, 4) is 0 Å². The maximum Gasteiger partial charge on any atom is 0.203 e. The minimum atomic E-state index is -0.0161. The maximum atomic E-state index is 12.0. The zero-order valence-corrected chi connectivity index (χ0v) is 10.6. The first-order valence-corrected chi connectivity index (χ1v) is 6.02. The molecule has 0 unspecified atom stereocenters. The molecule has 2 aromatic rings. The summed E-state index contributed by atoms with van der Waals surface area (Å²) in [5, 5.41) is 4.09. The fourth-order valence-corrected chi connectivity index (χ4v) is 1.82. The Morgan fingerprint density at radius 1 is 1.33 bits per heavy atom. The van der Waals surface area contributed by atoms with E-state index in [4.69, 9.17) is 0 Å². The van der Waals surface area contributed by atoms with Crippen molar-refractivity contribution in [3.05, 3.63) is 59.4 Å². The van der Waals surface area contributed by atoms with Gasteiger partial charge in [0, 0.05) is 12.7 Å². The molecule has 1 aromatic heterocycles. The van der Waals surface area contributed by atoms with Crippen LogP contribution < -0.4 is 0 Å². The molecule has 2 rings (SSSR count). The second kappa shape index (κ2) is 5.45. The summed E-state index contributed by atoms with van der Waals surface area (Å²) in [4.78, 5) is 12.0. The normalized spacial score (nSPS) is 11.0. The first-order valence-electron chi connectivity index (χ1n) is 6.02. The van der Waals surface area contributed by atoms with Crippen molar-refractivity contribution in [2.45, 2.75) is 20.4 Å². The monoisotopic (exact) mass is 240 g/mol. The fraction of sp³-hybridized carbons (Fsp3) is 0.200. The largest absolute Gasteiger partial charge is 0.288 e. The van der Waals surface area contributed by atoms with Crippen LogP contribution in [0, 0.1) is 6.92 Å². The van der Waals surface area contributed by atoms with Gasteiger partial charge in [-0.05, 0) is 37.1 Å². The van der Waals surface area contributed by atoms with Crippen molar-refractivity contribution >= 4 is 11.9 Å². The molecular weight excluding hydrogens is 224 g/mol. The van der Waals surface area contributed by atoms with Gasteiger partial charge in [0.15, 0.2) is 0 Å². The Labute approximate surface area is 107 Å². The molecular formula is C15H16N2O. The molecule has 0 bridgehead atoms. The lowest BCUT2D eigenvalue weighted by Crippen LogP contribution is -2.07. The van der Waals surface area contributed by atoms with E-state index in [9.17, 15) is 4.79 Å². The van der Waals surface area contributed by atoms with Crippen molar-refractivity contribution < 1.29 is 4.79 Å². The topological polar surface area (TPSA) is 34.9 Å². The first-order chi connectivity index (χ1) is 8.72. The summed E-state index contributed by atoms with van der Waals surface area (Å²) in [6, 6.07) is 9.72. The predicted octanol–water partition coefficient (Wildman–Crippen LogP) is 3.11. The molecule has 0 spiro atoms. The van der Waals surface area contributed by atoms with Crippen molar-refractivity contribution in [2.24, 2.45) is 0 Å². The molecule has 18 heavy (non-hydrogen) atoms. The Hall–Kier alpha value is -2.16. The summed E-state index contributed by atoms with van der Waals surface area (Å²) in [5.74, 6) is -0.0161. The molecule has 0 aliphatic rings. The van der Waals surface area contributed by atoms with Crippen LogP contribution in [0.2, 0.25) is 0 Å². The molecule has 3 nitrogen and oxygen atoms in total. The molecule has 1 heterocycles. The molecule has 0 amide bonds. The number of carbonyl (C=O) groups is 1. The Kier molecular flexibility index (Phi) is 3.72. The molecule has 0 atom stereocenters. The van der Waals surface area contributed by atoms with E-state index in [2.05, 4.69) is 5.10 Å². The third-order valence-corrected chi connectivity index (χ3v) is 2.87. The molecule has 0 saturated heterocycles. The first kappa shape index (κ1) is 12.3. The second-order valence-corrected chi connectivity index (χ2v) is 4.09. The number of ketones is 1. The van der Waals surface area contributed by atoms with Crippen LogP contribution in [-0.4, -0.2) is 15.6 Å². The summed E-state index contributed by atoms with van der Waals surface area (Å²) in [7, 11) is 0. The third-order valence-electron chi connectivity index (χ3n) is 2.87. The van der Waals surface area contributed by atoms with E-state index in [1.165, 1.54) is 0 Å². The summed E-state index contributed by atoms with van der Waals surface area (Å²) in [6.45, 7) is 4.70. The van der Waals surface area contributed by atoms with Gasteiger partial charge in [-0.25, -0.2) is 0 Å². The zero-order chi connectivity index (χ0) is 13.0. The van der Waals surface area contributed by atoms with Gasteiger partial charge in [-0.1, -0.05) is 30.3 Å². The van der Waals surface area contributed by atoms with E-state index in [0.29, 0.717) is 12.2 Å². The molecule has 92 valence electrons. The number of hydrogen-bond donors (Lipinski definition) is 0. The Morgan fingerprint density at radius 2 is 2.11 bits per heavy atom. The van der Waals surface area contributed by atoms with Gasteiger partial charge in [0.1, 0.15) is 5.69 Å². The van der Waals surface area contributed by atoms with Gasteiger partial charge >= 0.3 is 0 Å². The van der Waals surface area contributed by atoms with Crippen LogP contribution in [0.3, 0.4) is 0 Å². The predicted molar refractivity (Wildman–Crippen MR) is 72.4 cm³/mol. The molecule has 0 N–H and O–H groups in total. The van der Waals surface area contributed by atoms with Gasteiger partial charge in [-0.15, -0.1) is 0 Å². The summed E-state index contributed by atoms with van der Waals surface area (Å²) in [5.41, 5.74) is 2.85. The second-order valence-electron chi connectivity index (χ2n) is 4.09. The van der Waals surface area contributed by atoms with Crippen molar-refractivity contribution in [2.75, 3.05) is 0 Å². The van der Waals surface area contributed by atoms with Gasteiger partial charge in [0.05, 0.1) is 0 Å². The number of nitrogens with zero attached hydrogens (tertiary/aromatic N) is 2. The Balaban J connectivity index is 2.20. The number of benzene rings is 1. The highest BCUT2D eigenvalue weighted by Gasteiger charge is 2.07. The molecule has 0 radical (unpaired) electrons. The van der Waals surface area contributed by atoms with Crippen LogP contribution >= 0.6 is 0 Å². The Bertz CT molecular complexity index is 582. The van der Waals surface area contributed by atoms with Gasteiger partial charge in [0.2, 0.25) is 5.78 Å². The van der Waals surface area contributed by atoms with Crippen molar-refractivity contribution in [1.82, 2.24) is 9.78 Å². The lowest BCUT2D eigenvalue weighted by molar-refractivity contribution is 0.103. The van der Waals surface area contributed by atoms with E-state index in [-0.39, 0.29) is 5.78 Å². The summed E-state index contributed by atoms with van der Waals surface area (Å²) >= 11 is 0. The minimum Gasteiger partial charge on any atom is -0.288 e. The van der Waals surface area contributed by atoms with E-state index >= 15 is 0 Å². The smallest absolute Gasteiger partial charge is 0.203 e. The SMILES string of the molecule is CCn1nccc1C(=O)/C=C/c1ccccc1C. The quantitative estimate of drug-likeness (QED) is 0.608. The van der Waals surface area contributed by atoms with Crippen LogP contribution in [-0.2, 0) is 6.54 Å². The fourth-order valence-electron chi connectivity index (χ4n) is 1.82. The van der Waals surface area contributed by atoms with Gasteiger partial charge in [0.25, 0.3) is 0 Å². The maximum absolute atomic E-state index is 12.0. The van der Waals surface area contributed by atoms with E-state index in [1.807, 2.05) is 44.2 Å². The third kappa shape index (κ3) is 2.56. The van der Waals surface area contributed by atoms with Crippen LogP contribution in [0.5, 0.6) is 0 Å².